The lowest BCUT2D eigenvalue weighted by molar-refractivity contribution is 0.123. The Labute approximate surface area is 156 Å². The van der Waals surface area contributed by atoms with Crippen molar-refractivity contribution >= 4 is 15.8 Å². The van der Waals surface area contributed by atoms with Crippen molar-refractivity contribution in [3.63, 3.8) is 0 Å². The molecule has 1 atom stereocenters. The lowest BCUT2D eigenvalue weighted by atomic mass is 10.1. The zero-order valence-corrected chi connectivity index (χ0v) is 15.8. The number of rotatable bonds is 5. The summed E-state index contributed by atoms with van der Waals surface area (Å²) < 4.78 is 59.2. The summed E-state index contributed by atoms with van der Waals surface area (Å²) >= 11 is 0. The molecule has 1 aromatic carbocycles. The molecule has 0 N–H and O–H groups in total. The molecular formula is C17H20F2N4O3S. The Hall–Kier alpha value is -2.33. The van der Waals surface area contributed by atoms with Gasteiger partial charge in [-0.05, 0) is 31.0 Å². The lowest BCUT2D eigenvalue weighted by Gasteiger charge is -2.31. The van der Waals surface area contributed by atoms with E-state index in [9.17, 15) is 17.2 Å². The van der Waals surface area contributed by atoms with Crippen LogP contribution >= 0.6 is 0 Å². The van der Waals surface area contributed by atoms with Crippen LogP contribution in [0.25, 0.3) is 0 Å². The standard InChI is InChI=1S/C17H20F2N4O3S/c1-22(2)16-5-6-17(21-20-16)26-14-4-3-7-23(11-14)27(24,25)15-9-12(18)8-13(19)10-15/h5-6,8-10,14H,3-4,7,11H2,1-2H3. The molecule has 1 aromatic heterocycles. The van der Waals surface area contributed by atoms with E-state index in [0.29, 0.717) is 30.6 Å². The molecular weight excluding hydrogens is 378 g/mol. The summed E-state index contributed by atoms with van der Waals surface area (Å²) in [5.74, 6) is -0.908. The minimum Gasteiger partial charge on any atom is -0.472 e. The van der Waals surface area contributed by atoms with Crippen molar-refractivity contribution in [2.24, 2.45) is 0 Å². The Kier molecular flexibility index (Phi) is 5.56. The Bertz CT molecular complexity index is 887. The van der Waals surface area contributed by atoms with Gasteiger partial charge >= 0.3 is 0 Å². The molecule has 1 fully saturated rings. The van der Waals surface area contributed by atoms with E-state index in [1.54, 1.807) is 17.0 Å². The fraction of sp³-hybridized carbons (Fsp3) is 0.412. The fourth-order valence-corrected chi connectivity index (χ4v) is 4.38. The third-order valence-corrected chi connectivity index (χ3v) is 6.03. The van der Waals surface area contributed by atoms with Gasteiger partial charge in [0.05, 0.1) is 11.4 Å². The molecule has 0 spiro atoms. The van der Waals surface area contributed by atoms with Crippen LogP contribution in [0.5, 0.6) is 5.88 Å². The van der Waals surface area contributed by atoms with E-state index in [1.807, 2.05) is 14.1 Å². The van der Waals surface area contributed by atoms with E-state index in [4.69, 9.17) is 4.74 Å². The number of piperidine rings is 1. The number of aromatic nitrogens is 2. The van der Waals surface area contributed by atoms with E-state index in [0.717, 1.165) is 12.1 Å². The molecule has 2 aromatic rings. The zero-order chi connectivity index (χ0) is 19.6. The molecule has 2 heterocycles. The highest BCUT2D eigenvalue weighted by molar-refractivity contribution is 7.89. The van der Waals surface area contributed by atoms with Crippen molar-refractivity contribution in [1.29, 1.82) is 0 Å². The molecule has 0 bridgehead atoms. The van der Waals surface area contributed by atoms with Crippen LogP contribution in [0.2, 0.25) is 0 Å². The van der Waals surface area contributed by atoms with E-state index < -0.39 is 32.7 Å². The van der Waals surface area contributed by atoms with Crippen LogP contribution in [0, 0.1) is 11.6 Å². The van der Waals surface area contributed by atoms with E-state index >= 15 is 0 Å². The number of anilines is 1. The summed E-state index contributed by atoms with van der Waals surface area (Å²) in [6.45, 7) is 0.323. The normalized spacial score (nSPS) is 18.3. The first-order valence-electron chi connectivity index (χ1n) is 8.39. The van der Waals surface area contributed by atoms with Crippen molar-refractivity contribution in [2.45, 2.75) is 23.8 Å². The van der Waals surface area contributed by atoms with Crippen molar-refractivity contribution in [2.75, 3.05) is 32.1 Å². The maximum Gasteiger partial charge on any atom is 0.243 e. The van der Waals surface area contributed by atoms with Gasteiger partial charge in [-0.25, -0.2) is 17.2 Å². The van der Waals surface area contributed by atoms with Gasteiger partial charge in [0.25, 0.3) is 0 Å². The minimum absolute atomic E-state index is 0.0670. The highest BCUT2D eigenvalue weighted by atomic mass is 32.2. The smallest absolute Gasteiger partial charge is 0.243 e. The molecule has 146 valence electrons. The third-order valence-electron chi connectivity index (χ3n) is 4.19. The SMILES string of the molecule is CN(C)c1ccc(OC2CCCN(S(=O)(=O)c3cc(F)cc(F)c3)C2)nn1. The van der Waals surface area contributed by atoms with Crippen LogP contribution in [-0.4, -0.2) is 56.2 Å². The number of hydrogen-bond acceptors (Lipinski definition) is 6. The number of hydrogen-bond donors (Lipinski definition) is 0. The van der Waals surface area contributed by atoms with Crippen molar-refractivity contribution in [1.82, 2.24) is 14.5 Å². The van der Waals surface area contributed by atoms with Gasteiger partial charge in [-0.3, -0.25) is 0 Å². The van der Waals surface area contributed by atoms with Gasteiger partial charge in [-0.2, -0.15) is 4.31 Å². The van der Waals surface area contributed by atoms with Crippen molar-refractivity contribution < 1.29 is 21.9 Å². The molecule has 1 saturated heterocycles. The van der Waals surface area contributed by atoms with E-state index in [-0.39, 0.29) is 13.1 Å². The molecule has 27 heavy (non-hydrogen) atoms. The number of sulfonamides is 1. The second-order valence-electron chi connectivity index (χ2n) is 6.47. The molecule has 0 saturated carbocycles. The van der Waals surface area contributed by atoms with E-state index in [2.05, 4.69) is 10.2 Å². The number of ether oxygens (including phenoxy) is 1. The van der Waals surface area contributed by atoms with Gasteiger partial charge in [0.2, 0.25) is 15.9 Å². The van der Waals surface area contributed by atoms with Crippen LogP contribution in [0.4, 0.5) is 14.6 Å². The van der Waals surface area contributed by atoms with E-state index in [1.165, 1.54) is 4.31 Å². The molecule has 0 aliphatic carbocycles. The first-order chi connectivity index (χ1) is 12.8. The Morgan fingerprint density at radius 2 is 1.85 bits per heavy atom. The average molecular weight is 398 g/mol. The summed E-state index contributed by atoms with van der Waals surface area (Å²) in [4.78, 5) is 1.39. The van der Waals surface area contributed by atoms with Gasteiger partial charge in [-0.1, -0.05) is 0 Å². The molecule has 10 heteroatoms. The predicted octanol–water partition coefficient (Wildman–Crippen LogP) is 2.05. The molecule has 0 amide bonds. The second kappa shape index (κ2) is 7.73. The maximum absolute atomic E-state index is 13.4. The first kappa shape index (κ1) is 19.4. The molecule has 0 radical (unpaired) electrons. The van der Waals surface area contributed by atoms with Crippen molar-refractivity contribution in [3.8, 4) is 5.88 Å². The fourth-order valence-electron chi connectivity index (χ4n) is 2.83. The highest BCUT2D eigenvalue weighted by Crippen LogP contribution is 2.24. The van der Waals surface area contributed by atoms with Gasteiger partial charge in [-0.15, -0.1) is 10.2 Å². The van der Waals surface area contributed by atoms with Gasteiger partial charge in [0, 0.05) is 32.8 Å². The summed E-state index contributed by atoms with van der Waals surface area (Å²) in [5.41, 5.74) is 0. The molecule has 1 aliphatic rings. The van der Waals surface area contributed by atoms with Crippen LogP contribution in [0.1, 0.15) is 12.8 Å². The molecule has 1 aliphatic heterocycles. The topological polar surface area (TPSA) is 75.6 Å². The first-order valence-corrected chi connectivity index (χ1v) is 9.83. The van der Waals surface area contributed by atoms with Crippen LogP contribution in [-0.2, 0) is 10.0 Å². The average Bonchev–Trinajstić information content (AvgIpc) is 2.61. The zero-order valence-electron chi connectivity index (χ0n) is 15.0. The summed E-state index contributed by atoms with van der Waals surface area (Å²) in [6, 6.07) is 5.67. The quantitative estimate of drug-likeness (QED) is 0.767. The van der Waals surface area contributed by atoms with Gasteiger partial charge in [0.1, 0.15) is 17.7 Å². The summed E-state index contributed by atoms with van der Waals surface area (Å²) in [6.07, 6.45) is 0.775. The predicted molar refractivity (Wildman–Crippen MR) is 95.1 cm³/mol. The molecule has 3 rings (SSSR count). The van der Waals surface area contributed by atoms with Gasteiger partial charge in [0.15, 0.2) is 5.82 Å². The third kappa shape index (κ3) is 4.51. The minimum atomic E-state index is -4.02. The number of benzene rings is 1. The van der Waals surface area contributed by atoms with Crippen LogP contribution in [0.15, 0.2) is 35.2 Å². The second-order valence-corrected chi connectivity index (χ2v) is 8.41. The maximum atomic E-state index is 13.4. The monoisotopic (exact) mass is 398 g/mol. The molecule has 1 unspecified atom stereocenters. The summed E-state index contributed by atoms with van der Waals surface area (Å²) in [7, 11) is -0.346. The number of nitrogens with zero attached hydrogens (tertiary/aromatic N) is 4. The Balaban J connectivity index is 1.73. The van der Waals surface area contributed by atoms with Crippen molar-refractivity contribution in [3.05, 3.63) is 42.0 Å². The Morgan fingerprint density at radius 1 is 1.15 bits per heavy atom. The summed E-state index contributed by atoms with van der Waals surface area (Å²) in [5, 5.41) is 8.00. The van der Waals surface area contributed by atoms with Gasteiger partial charge < -0.3 is 9.64 Å². The number of halogens is 2. The lowest BCUT2D eigenvalue weighted by Crippen LogP contribution is -2.44. The van der Waals surface area contributed by atoms with Crippen LogP contribution in [0.3, 0.4) is 0 Å². The highest BCUT2D eigenvalue weighted by Gasteiger charge is 2.32. The molecule has 7 nitrogen and oxygen atoms in total. The van der Waals surface area contributed by atoms with Crippen LogP contribution < -0.4 is 9.64 Å². The largest absolute Gasteiger partial charge is 0.472 e. The Morgan fingerprint density at radius 3 is 2.44 bits per heavy atom.